The van der Waals surface area contributed by atoms with E-state index < -0.39 is 0 Å². The van der Waals surface area contributed by atoms with Crippen LogP contribution in [0.4, 0.5) is 0 Å². The van der Waals surface area contributed by atoms with Gasteiger partial charge in [0.15, 0.2) is 0 Å². The van der Waals surface area contributed by atoms with Gasteiger partial charge in [0.1, 0.15) is 17.6 Å². The van der Waals surface area contributed by atoms with E-state index in [0.717, 1.165) is 15.8 Å². The number of hydrogen-bond acceptors (Lipinski definition) is 2. The second-order valence-electron chi connectivity index (χ2n) is 4.69. The highest BCUT2D eigenvalue weighted by molar-refractivity contribution is 9.10. The highest BCUT2D eigenvalue weighted by Gasteiger charge is 2.10. The monoisotopic (exact) mass is 349 g/mol. The Morgan fingerprint density at radius 3 is 2.55 bits per heavy atom. The van der Waals surface area contributed by atoms with E-state index in [9.17, 15) is 0 Å². The molecule has 0 spiro atoms. The molecule has 0 unspecified atom stereocenters. The zero-order valence-electron chi connectivity index (χ0n) is 11.2. The van der Waals surface area contributed by atoms with Crippen LogP contribution in [-0.2, 0) is 0 Å². The van der Waals surface area contributed by atoms with Crippen molar-refractivity contribution >= 4 is 27.5 Å². The minimum Gasteiger partial charge on any atom is -0.457 e. The van der Waals surface area contributed by atoms with Crippen LogP contribution in [0.2, 0.25) is 5.02 Å². The van der Waals surface area contributed by atoms with Crippen LogP contribution in [-0.4, -0.2) is 0 Å². The molecule has 0 saturated heterocycles. The van der Waals surface area contributed by atoms with Crippen LogP contribution in [0.1, 0.15) is 30.9 Å². The predicted molar refractivity (Wildman–Crippen MR) is 84.5 cm³/mol. The maximum absolute atomic E-state index is 8.87. The largest absolute Gasteiger partial charge is 0.457 e. The molecule has 102 valence electrons. The molecule has 0 fully saturated rings. The van der Waals surface area contributed by atoms with E-state index in [4.69, 9.17) is 21.6 Å². The smallest absolute Gasteiger partial charge is 0.130 e. The Labute approximate surface area is 132 Å². The van der Waals surface area contributed by atoms with Gasteiger partial charge in [0.2, 0.25) is 0 Å². The van der Waals surface area contributed by atoms with Gasteiger partial charge in [-0.25, -0.2) is 0 Å². The van der Waals surface area contributed by atoms with Gasteiger partial charge in [-0.2, -0.15) is 5.26 Å². The Bertz CT molecular complexity index is 677. The van der Waals surface area contributed by atoms with Crippen molar-refractivity contribution < 1.29 is 4.74 Å². The van der Waals surface area contributed by atoms with Crippen molar-refractivity contribution in [1.29, 1.82) is 5.26 Å². The Hall–Kier alpha value is -1.50. The molecular formula is C16H13BrClNO. The number of rotatable bonds is 3. The van der Waals surface area contributed by atoms with Crippen LogP contribution >= 0.6 is 27.5 Å². The first-order valence-electron chi connectivity index (χ1n) is 6.18. The van der Waals surface area contributed by atoms with E-state index in [1.807, 2.05) is 24.3 Å². The van der Waals surface area contributed by atoms with Crippen LogP contribution in [0.25, 0.3) is 0 Å². The quantitative estimate of drug-likeness (QED) is 0.691. The normalized spacial score (nSPS) is 10.4. The number of hydrogen-bond donors (Lipinski definition) is 0. The fraction of sp³-hybridized carbons (Fsp3) is 0.188. The average molecular weight is 351 g/mol. The van der Waals surface area contributed by atoms with Gasteiger partial charge in [-0.15, -0.1) is 0 Å². The summed E-state index contributed by atoms with van der Waals surface area (Å²) >= 11 is 9.48. The number of benzene rings is 2. The summed E-state index contributed by atoms with van der Waals surface area (Å²) in [5, 5.41) is 9.26. The molecule has 2 rings (SSSR count). The molecule has 20 heavy (non-hydrogen) atoms. The highest BCUT2D eigenvalue weighted by atomic mass is 79.9. The first-order chi connectivity index (χ1) is 9.51. The molecule has 0 N–H and O–H groups in total. The van der Waals surface area contributed by atoms with Crippen molar-refractivity contribution in [2.45, 2.75) is 19.8 Å². The second kappa shape index (κ2) is 6.30. The lowest BCUT2D eigenvalue weighted by atomic mass is 10.0. The number of nitriles is 1. The third kappa shape index (κ3) is 3.33. The summed E-state index contributed by atoms with van der Waals surface area (Å²) in [6, 6.07) is 13.0. The molecule has 2 aromatic rings. The zero-order chi connectivity index (χ0) is 14.7. The van der Waals surface area contributed by atoms with Crippen LogP contribution in [0.3, 0.4) is 0 Å². The van der Waals surface area contributed by atoms with Gasteiger partial charge in [-0.05, 0) is 41.8 Å². The van der Waals surface area contributed by atoms with Crippen molar-refractivity contribution in [2.75, 3.05) is 0 Å². The fourth-order valence-electron chi connectivity index (χ4n) is 1.84. The first-order valence-corrected chi connectivity index (χ1v) is 7.35. The standard InChI is InChI=1S/C16H13BrClNO/c1-10(2)14-7-12(17)4-6-16(14)20-13-5-3-11(9-19)15(18)8-13/h3-8,10H,1-2H3. The van der Waals surface area contributed by atoms with Gasteiger partial charge in [0, 0.05) is 10.5 Å². The molecule has 0 aromatic heterocycles. The summed E-state index contributed by atoms with van der Waals surface area (Å²) in [4.78, 5) is 0. The molecule has 4 heteroatoms. The second-order valence-corrected chi connectivity index (χ2v) is 6.02. The summed E-state index contributed by atoms with van der Waals surface area (Å²) < 4.78 is 6.91. The summed E-state index contributed by atoms with van der Waals surface area (Å²) in [6.07, 6.45) is 0. The van der Waals surface area contributed by atoms with Gasteiger partial charge < -0.3 is 4.74 Å². The van der Waals surface area contributed by atoms with Crippen molar-refractivity contribution in [3.05, 3.63) is 57.0 Å². The van der Waals surface area contributed by atoms with Gasteiger partial charge in [-0.3, -0.25) is 0 Å². The van der Waals surface area contributed by atoms with Crippen LogP contribution in [0.15, 0.2) is 40.9 Å². The molecule has 0 atom stereocenters. The van der Waals surface area contributed by atoms with Gasteiger partial charge in [-0.1, -0.05) is 41.4 Å². The van der Waals surface area contributed by atoms with E-state index in [2.05, 4.69) is 29.8 Å². The molecule has 0 aliphatic rings. The van der Waals surface area contributed by atoms with E-state index in [1.165, 1.54) is 0 Å². The minimum absolute atomic E-state index is 0.344. The highest BCUT2D eigenvalue weighted by Crippen LogP contribution is 2.34. The lowest BCUT2D eigenvalue weighted by Gasteiger charge is -2.14. The van der Waals surface area contributed by atoms with E-state index in [0.29, 0.717) is 22.3 Å². The number of nitrogens with zero attached hydrogens (tertiary/aromatic N) is 1. The molecular weight excluding hydrogens is 338 g/mol. The van der Waals surface area contributed by atoms with E-state index in [-0.39, 0.29) is 0 Å². The summed E-state index contributed by atoms with van der Waals surface area (Å²) in [5.41, 5.74) is 1.55. The van der Waals surface area contributed by atoms with Gasteiger partial charge >= 0.3 is 0 Å². The summed E-state index contributed by atoms with van der Waals surface area (Å²) in [5.74, 6) is 1.76. The van der Waals surface area contributed by atoms with Crippen molar-refractivity contribution in [3.8, 4) is 17.6 Å². The molecule has 0 aliphatic heterocycles. The van der Waals surface area contributed by atoms with Crippen LogP contribution in [0.5, 0.6) is 11.5 Å². The van der Waals surface area contributed by atoms with Crippen molar-refractivity contribution in [3.63, 3.8) is 0 Å². The molecule has 0 bridgehead atoms. The predicted octanol–water partition coefficient (Wildman–Crippen LogP) is 5.89. The Kier molecular flexibility index (Phi) is 4.69. The summed E-state index contributed by atoms with van der Waals surface area (Å²) in [6.45, 7) is 4.22. The van der Waals surface area contributed by atoms with Gasteiger partial charge in [0.05, 0.1) is 10.6 Å². The molecule has 0 heterocycles. The lowest BCUT2D eigenvalue weighted by molar-refractivity contribution is 0.473. The first kappa shape index (κ1) is 14.9. The van der Waals surface area contributed by atoms with Gasteiger partial charge in [0.25, 0.3) is 0 Å². The maximum Gasteiger partial charge on any atom is 0.130 e. The average Bonchev–Trinajstić information content (AvgIpc) is 2.41. The van der Waals surface area contributed by atoms with E-state index >= 15 is 0 Å². The topological polar surface area (TPSA) is 33.0 Å². The SMILES string of the molecule is CC(C)c1cc(Br)ccc1Oc1ccc(C#N)c(Cl)c1. The van der Waals surface area contributed by atoms with Crippen molar-refractivity contribution in [2.24, 2.45) is 0 Å². The fourth-order valence-corrected chi connectivity index (χ4v) is 2.43. The number of ether oxygens (including phenoxy) is 1. The summed E-state index contributed by atoms with van der Waals surface area (Å²) in [7, 11) is 0. The van der Waals surface area contributed by atoms with Crippen LogP contribution < -0.4 is 4.74 Å². The molecule has 0 radical (unpaired) electrons. The Morgan fingerprint density at radius 1 is 1.20 bits per heavy atom. The third-order valence-corrected chi connectivity index (χ3v) is 3.69. The molecule has 2 nitrogen and oxygen atoms in total. The number of halogens is 2. The lowest BCUT2D eigenvalue weighted by Crippen LogP contribution is -1.94. The Balaban J connectivity index is 2.35. The molecule has 0 saturated carbocycles. The maximum atomic E-state index is 8.87. The Morgan fingerprint density at radius 2 is 1.95 bits per heavy atom. The van der Waals surface area contributed by atoms with Crippen molar-refractivity contribution in [1.82, 2.24) is 0 Å². The molecule has 2 aromatic carbocycles. The van der Waals surface area contributed by atoms with E-state index in [1.54, 1.807) is 18.2 Å². The third-order valence-electron chi connectivity index (χ3n) is 2.88. The zero-order valence-corrected chi connectivity index (χ0v) is 13.5. The molecule has 0 amide bonds. The molecule has 0 aliphatic carbocycles. The van der Waals surface area contributed by atoms with Crippen LogP contribution in [0, 0.1) is 11.3 Å². The minimum atomic E-state index is 0.344.